The van der Waals surface area contributed by atoms with Gasteiger partial charge in [-0.3, -0.25) is 0 Å². The summed E-state index contributed by atoms with van der Waals surface area (Å²) in [4.78, 5) is 24.7. The van der Waals surface area contributed by atoms with E-state index in [2.05, 4.69) is 0 Å². The molecule has 0 saturated heterocycles. The predicted octanol–water partition coefficient (Wildman–Crippen LogP) is 3.68. The van der Waals surface area contributed by atoms with Crippen molar-refractivity contribution >= 4 is 36.2 Å². The van der Waals surface area contributed by atoms with Crippen molar-refractivity contribution in [3.63, 3.8) is 0 Å². The van der Waals surface area contributed by atoms with E-state index in [0.29, 0.717) is 0 Å². The van der Waals surface area contributed by atoms with E-state index in [1.54, 1.807) is 41.5 Å². The Hall–Kier alpha value is -1.24. The van der Waals surface area contributed by atoms with Crippen LogP contribution < -0.4 is 0 Å². The summed E-state index contributed by atoms with van der Waals surface area (Å²) in [6.07, 6.45) is 0. The summed E-state index contributed by atoms with van der Waals surface area (Å²) in [7, 11) is 0. The van der Waals surface area contributed by atoms with E-state index in [-0.39, 0.29) is 3.51 Å². The van der Waals surface area contributed by atoms with E-state index in [4.69, 9.17) is 9.47 Å². The lowest BCUT2D eigenvalue weighted by Crippen LogP contribution is -2.36. The Balaban J connectivity index is 3.13. The molecule has 1 aromatic rings. The smallest absolute Gasteiger partial charge is 0.351 e. The van der Waals surface area contributed by atoms with Gasteiger partial charge >= 0.3 is 11.9 Å². The Labute approximate surface area is 141 Å². The minimum Gasteiger partial charge on any atom is -0.456 e. The van der Waals surface area contributed by atoms with Crippen LogP contribution in [0.4, 0.5) is 0 Å². The number of carbonyl (C=O) groups is 2. The maximum absolute atomic E-state index is 12.4. The van der Waals surface area contributed by atoms with Crippen molar-refractivity contribution in [1.29, 1.82) is 0 Å². The Morgan fingerprint density at radius 1 is 0.818 bits per heavy atom. The first-order valence-corrected chi connectivity index (χ1v) is 9.17. The van der Waals surface area contributed by atoms with Gasteiger partial charge in [0, 0.05) is 3.57 Å². The number of benzene rings is 1. The third-order valence-electron chi connectivity index (χ3n) is 2.09. The second-order valence-electron chi connectivity index (χ2n) is 6.71. The molecule has 0 amide bonds. The van der Waals surface area contributed by atoms with Gasteiger partial charge in [0.2, 0.25) is 0 Å². The standard InChI is InChI=1S/C17H23IO4/c1-16(2,3)21-14(19)13(15(20)22-17(4,5)6)18-12-10-8-7-9-11-12/h7-11H,1-6H3. The fourth-order valence-electron chi connectivity index (χ4n) is 1.39. The van der Waals surface area contributed by atoms with E-state index < -0.39 is 43.9 Å². The molecule has 0 radical (unpaired) electrons. The summed E-state index contributed by atoms with van der Waals surface area (Å²) in [5, 5.41) is 0. The number of ether oxygens (including phenoxy) is 2. The Morgan fingerprint density at radius 2 is 1.23 bits per heavy atom. The summed E-state index contributed by atoms with van der Waals surface area (Å²) in [5.74, 6) is -1.17. The molecule has 0 heterocycles. The molecule has 1 aromatic carbocycles. The number of carbonyl (C=O) groups excluding carboxylic acids is 2. The zero-order valence-electron chi connectivity index (χ0n) is 13.9. The van der Waals surface area contributed by atoms with Crippen LogP contribution >= 0.6 is 20.7 Å². The van der Waals surface area contributed by atoms with Crippen molar-refractivity contribution in [3.8, 4) is 0 Å². The predicted molar refractivity (Wildman–Crippen MR) is 95.9 cm³/mol. The Morgan fingerprint density at radius 3 is 1.59 bits per heavy atom. The van der Waals surface area contributed by atoms with Gasteiger partial charge in [0.05, 0.1) is 0 Å². The van der Waals surface area contributed by atoms with Gasteiger partial charge in [-0.2, -0.15) is 0 Å². The van der Waals surface area contributed by atoms with Gasteiger partial charge in [0.1, 0.15) is 11.2 Å². The second kappa shape index (κ2) is 7.35. The van der Waals surface area contributed by atoms with Crippen LogP contribution in [-0.4, -0.2) is 26.6 Å². The van der Waals surface area contributed by atoms with Gasteiger partial charge in [-0.1, -0.05) is 38.9 Å². The fraction of sp³-hybridized carbons (Fsp3) is 0.471. The van der Waals surface area contributed by atoms with E-state index >= 15 is 0 Å². The van der Waals surface area contributed by atoms with Gasteiger partial charge in [0.15, 0.2) is 3.51 Å². The van der Waals surface area contributed by atoms with Crippen LogP contribution in [0.1, 0.15) is 41.5 Å². The van der Waals surface area contributed by atoms with Crippen molar-refractivity contribution in [2.45, 2.75) is 52.7 Å². The molecule has 0 unspecified atom stereocenters. The van der Waals surface area contributed by atoms with Crippen LogP contribution in [-0.2, 0) is 19.1 Å². The molecule has 5 heteroatoms. The molecule has 0 fully saturated rings. The number of halogens is 1. The lowest BCUT2D eigenvalue weighted by molar-refractivity contribution is -0.151. The van der Waals surface area contributed by atoms with Crippen LogP contribution in [0, 0.1) is 3.57 Å². The highest BCUT2D eigenvalue weighted by atomic mass is 127. The molecule has 0 aliphatic carbocycles. The maximum Gasteiger partial charge on any atom is 0.351 e. The van der Waals surface area contributed by atoms with Crippen molar-refractivity contribution in [1.82, 2.24) is 0 Å². The molecule has 0 spiro atoms. The quantitative estimate of drug-likeness (QED) is 0.427. The molecule has 0 atom stereocenters. The summed E-state index contributed by atoms with van der Waals surface area (Å²) in [6.45, 7) is 10.7. The first kappa shape index (κ1) is 18.8. The first-order chi connectivity index (χ1) is 9.98. The van der Waals surface area contributed by atoms with E-state index in [9.17, 15) is 9.59 Å². The highest BCUT2D eigenvalue weighted by Crippen LogP contribution is 2.19. The van der Waals surface area contributed by atoms with E-state index in [1.165, 1.54) is 0 Å². The zero-order chi connectivity index (χ0) is 17.0. The molecule has 0 bridgehead atoms. The lowest BCUT2D eigenvalue weighted by Gasteiger charge is -2.22. The summed E-state index contributed by atoms with van der Waals surface area (Å²) in [5.41, 5.74) is -1.30. The summed E-state index contributed by atoms with van der Waals surface area (Å²) < 4.78 is 11.8. The normalized spacial score (nSPS) is 11.7. The van der Waals surface area contributed by atoms with Crippen molar-refractivity contribution in [2.24, 2.45) is 0 Å². The lowest BCUT2D eigenvalue weighted by atomic mass is 10.2. The average Bonchev–Trinajstić information content (AvgIpc) is 2.32. The van der Waals surface area contributed by atoms with E-state index in [1.807, 2.05) is 30.3 Å². The van der Waals surface area contributed by atoms with Crippen molar-refractivity contribution in [2.75, 3.05) is 0 Å². The molecule has 0 N–H and O–H groups in total. The molecule has 0 aromatic heterocycles. The molecule has 0 aliphatic heterocycles. The molecular formula is C17H23IO4. The first-order valence-electron chi connectivity index (χ1n) is 7.01. The van der Waals surface area contributed by atoms with Gasteiger partial charge < -0.3 is 9.47 Å². The highest BCUT2D eigenvalue weighted by molar-refractivity contribution is 14.2. The van der Waals surface area contributed by atoms with Crippen LogP contribution in [0.25, 0.3) is 0 Å². The molecule has 1 rings (SSSR count). The SMILES string of the molecule is CC(C)(C)OC(=O)C(=Ic1ccccc1)C(=O)OC(C)(C)C. The Bertz CT molecular complexity index is 533. The molecule has 0 aliphatic rings. The van der Waals surface area contributed by atoms with Crippen molar-refractivity contribution in [3.05, 3.63) is 33.9 Å². The minimum absolute atomic E-state index is 0.120. The highest BCUT2D eigenvalue weighted by Gasteiger charge is 2.29. The van der Waals surface area contributed by atoms with Crippen LogP contribution in [0.2, 0.25) is 0 Å². The third kappa shape index (κ3) is 7.15. The molecule has 4 nitrogen and oxygen atoms in total. The van der Waals surface area contributed by atoms with Crippen LogP contribution in [0.5, 0.6) is 0 Å². The van der Waals surface area contributed by atoms with Crippen LogP contribution in [0.3, 0.4) is 0 Å². The fourth-order valence-corrected chi connectivity index (χ4v) is 3.45. The zero-order valence-corrected chi connectivity index (χ0v) is 16.1. The molecular weight excluding hydrogens is 395 g/mol. The largest absolute Gasteiger partial charge is 0.456 e. The molecule has 22 heavy (non-hydrogen) atoms. The summed E-state index contributed by atoms with van der Waals surface area (Å²) >= 11 is -0.962. The van der Waals surface area contributed by atoms with Gasteiger partial charge in [-0.25, -0.2) is 9.59 Å². The second-order valence-corrected chi connectivity index (χ2v) is 9.57. The number of esters is 2. The minimum atomic E-state index is -0.962. The third-order valence-corrected chi connectivity index (χ3v) is 4.86. The average molecular weight is 418 g/mol. The summed E-state index contributed by atoms with van der Waals surface area (Å²) in [6, 6.07) is 9.48. The van der Waals surface area contributed by atoms with Gasteiger partial charge in [-0.05, 0) is 53.7 Å². The number of hydrogen-bond acceptors (Lipinski definition) is 4. The topological polar surface area (TPSA) is 52.6 Å². The van der Waals surface area contributed by atoms with Crippen molar-refractivity contribution < 1.29 is 19.1 Å². The van der Waals surface area contributed by atoms with E-state index in [0.717, 1.165) is 3.57 Å². The monoisotopic (exact) mass is 418 g/mol. The number of rotatable bonds is 3. The molecule has 0 saturated carbocycles. The van der Waals surface area contributed by atoms with Gasteiger partial charge in [-0.15, -0.1) is 0 Å². The Kier molecular flexibility index (Phi) is 6.28. The molecule has 122 valence electrons. The maximum atomic E-state index is 12.4. The number of hydrogen-bond donors (Lipinski definition) is 0. The van der Waals surface area contributed by atoms with Crippen LogP contribution in [0.15, 0.2) is 30.3 Å². The van der Waals surface area contributed by atoms with Gasteiger partial charge in [0.25, 0.3) is 0 Å².